The second-order valence-electron chi connectivity index (χ2n) is 6.07. The largest absolute Gasteiger partial charge is 0.505 e. The number of benzene rings is 2. The molecule has 1 heterocycles. The summed E-state index contributed by atoms with van der Waals surface area (Å²) in [6, 6.07) is 14.8. The molecule has 0 aliphatic carbocycles. The van der Waals surface area contributed by atoms with Crippen molar-refractivity contribution >= 4 is 28.3 Å². The van der Waals surface area contributed by atoms with Crippen molar-refractivity contribution in [3.63, 3.8) is 0 Å². The third kappa shape index (κ3) is 4.49. The van der Waals surface area contributed by atoms with Gasteiger partial charge in [-0.15, -0.1) is 0 Å². The molecule has 0 fully saturated rings. The van der Waals surface area contributed by atoms with E-state index in [1.165, 1.54) is 0 Å². The van der Waals surface area contributed by atoms with Gasteiger partial charge in [0.2, 0.25) is 0 Å². The standard InChI is InChI=1S/C21H20ClNO4/c1-2-3-11-26-21(25)18-19(24)17-12-15(9-10-16(17)20(22)23-18)27-13-14-7-5-4-6-8-14/h4-10,12,24H,2-3,11,13H2,1H3. The molecule has 0 aliphatic rings. The first-order chi connectivity index (χ1) is 13.1. The SMILES string of the molecule is CCCCOC(=O)c1nc(Cl)c2ccc(OCc3ccccc3)cc2c1O. The lowest BCUT2D eigenvalue weighted by molar-refractivity contribution is 0.0489. The maximum Gasteiger partial charge on any atom is 0.360 e. The van der Waals surface area contributed by atoms with Gasteiger partial charge in [-0.1, -0.05) is 55.3 Å². The number of ether oxygens (including phenoxy) is 2. The van der Waals surface area contributed by atoms with E-state index in [4.69, 9.17) is 21.1 Å². The van der Waals surface area contributed by atoms with Gasteiger partial charge in [0.25, 0.3) is 0 Å². The number of aromatic nitrogens is 1. The molecule has 0 aliphatic heterocycles. The van der Waals surface area contributed by atoms with Crippen LogP contribution in [-0.2, 0) is 11.3 Å². The summed E-state index contributed by atoms with van der Waals surface area (Å²) in [6.45, 7) is 2.65. The Labute approximate surface area is 162 Å². The molecule has 1 aromatic heterocycles. The van der Waals surface area contributed by atoms with Crippen LogP contribution in [0.25, 0.3) is 10.8 Å². The number of carbonyl (C=O) groups excluding carboxylic acids is 1. The number of unbranched alkanes of at least 4 members (excludes halogenated alkanes) is 1. The van der Waals surface area contributed by atoms with E-state index in [1.807, 2.05) is 37.3 Å². The van der Waals surface area contributed by atoms with Crippen LogP contribution >= 0.6 is 11.6 Å². The fraction of sp³-hybridized carbons (Fsp3) is 0.238. The van der Waals surface area contributed by atoms with Gasteiger partial charge >= 0.3 is 5.97 Å². The van der Waals surface area contributed by atoms with Gasteiger partial charge < -0.3 is 14.6 Å². The maximum atomic E-state index is 12.2. The lowest BCUT2D eigenvalue weighted by Crippen LogP contribution is -2.09. The Balaban J connectivity index is 1.87. The number of fused-ring (bicyclic) bond motifs is 1. The van der Waals surface area contributed by atoms with Crippen LogP contribution in [0.15, 0.2) is 48.5 Å². The minimum absolute atomic E-state index is 0.125. The molecule has 0 atom stereocenters. The van der Waals surface area contributed by atoms with Crippen LogP contribution in [0.2, 0.25) is 5.15 Å². The number of nitrogens with zero attached hydrogens (tertiary/aromatic N) is 1. The molecule has 0 amide bonds. The third-order valence-corrected chi connectivity index (χ3v) is 4.36. The van der Waals surface area contributed by atoms with Crippen molar-refractivity contribution in [2.45, 2.75) is 26.4 Å². The summed E-state index contributed by atoms with van der Waals surface area (Å²) in [5.41, 5.74) is 0.832. The van der Waals surface area contributed by atoms with Gasteiger partial charge in [-0.3, -0.25) is 0 Å². The molecular weight excluding hydrogens is 366 g/mol. The summed E-state index contributed by atoms with van der Waals surface area (Å²) >= 11 is 6.19. The smallest absolute Gasteiger partial charge is 0.360 e. The third-order valence-electron chi connectivity index (χ3n) is 4.08. The van der Waals surface area contributed by atoms with Crippen molar-refractivity contribution in [1.29, 1.82) is 0 Å². The lowest BCUT2D eigenvalue weighted by Gasteiger charge is -2.11. The summed E-state index contributed by atoms with van der Waals surface area (Å²) in [5.74, 6) is -0.407. The van der Waals surface area contributed by atoms with Crippen molar-refractivity contribution in [3.05, 3.63) is 64.9 Å². The zero-order chi connectivity index (χ0) is 19.2. The van der Waals surface area contributed by atoms with Crippen LogP contribution in [0.4, 0.5) is 0 Å². The number of hydrogen-bond donors (Lipinski definition) is 1. The minimum atomic E-state index is -0.694. The number of rotatable bonds is 7. The Morgan fingerprint density at radius 2 is 1.93 bits per heavy atom. The van der Waals surface area contributed by atoms with Crippen LogP contribution < -0.4 is 4.74 Å². The van der Waals surface area contributed by atoms with Crippen molar-refractivity contribution in [3.8, 4) is 11.5 Å². The molecule has 3 aromatic rings. The molecule has 6 heteroatoms. The zero-order valence-corrected chi connectivity index (χ0v) is 15.7. The number of hydrogen-bond acceptors (Lipinski definition) is 5. The average molecular weight is 386 g/mol. The van der Waals surface area contributed by atoms with Gasteiger partial charge in [0.15, 0.2) is 11.4 Å². The fourth-order valence-electron chi connectivity index (χ4n) is 2.59. The van der Waals surface area contributed by atoms with Crippen LogP contribution in [0.3, 0.4) is 0 Å². The van der Waals surface area contributed by atoms with Crippen molar-refractivity contribution in [2.75, 3.05) is 6.61 Å². The summed E-state index contributed by atoms with van der Waals surface area (Å²) < 4.78 is 10.9. The number of aromatic hydroxyl groups is 1. The predicted molar refractivity (Wildman–Crippen MR) is 104 cm³/mol. The molecular formula is C21H20ClNO4. The Morgan fingerprint density at radius 3 is 2.67 bits per heavy atom. The van der Waals surface area contributed by atoms with E-state index in [-0.39, 0.29) is 23.2 Å². The van der Waals surface area contributed by atoms with Crippen molar-refractivity contribution in [2.24, 2.45) is 0 Å². The Morgan fingerprint density at radius 1 is 1.15 bits per heavy atom. The molecule has 0 saturated heterocycles. The van der Waals surface area contributed by atoms with E-state index in [0.29, 0.717) is 23.1 Å². The molecule has 2 aromatic carbocycles. The second-order valence-corrected chi connectivity index (χ2v) is 6.43. The van der Waals surface area contributed by atoms with Gasteiger partial charge in [0.05, 0.1) is 6.61 Å². The summed E-state index contributed by atoms with van der Waals surface area (Å²) in [4.78, 5) is 16.2. The Bertz CT molecular complexity index is 944. The van der Waals surface area contributed by atoms with E-state index in [9.17, 15) is 9.90 Å². The lowest BCUT2D eigenvalue weighted by atomic mass is 10.1. The highest BCUT2D eigenvalue weighted by Gasteiger charge is 2.20. The fourth-order valence-corrected chi connectivity index (χ4v) is 2.84. The number of halogens is 1. The number of esters is 1. The molecule has 3 rings (SSSR count). The van der Waals surface area contributed by atoms with Gasteiger partial charge in [-0.2, -0.15) is 0 Å². The number of carbonyl (C=O) groups is 1. The molecule has 1 N–H and O–H groups in total. The van der Waals surface area contributed by atoms with Crippen LogP contribution in [0.5, 0.6) is 11.5 Å². The van der Waals surface area contributed by atoms with Gasteiger partial charge in [0.1, 0.15) is 17.5 Å². The van der Waals surface area contributed by atoms with Gasteiger partial charge in [0, 0.05) is 10.8 Å². The Kier molecular flexibility index (Phi) is 6.14. The van der Waals surface area contributed by atoms with E-state index in [1.54, 1.807) is 18.2 Å². The van der Waals surface area contributed by atoms with E-state index < -0.39 is 5.97 Å². The average Bonchev–Trinajstić information content (AvgIpc) is 2.70. The molecule has 0 unspecified atom stereocenters. The van der Waals surface area contributed by atoms with Crippen LogP contribution in [0.1, 0.15) is 35.8 Å². The molecule has 0 bridgehead atoms. The summed E-state index contributed by atoms with van der Waals surface area (Å²) in [6.07, 6.45) is 1.64. The molecule has 27 heavy (non-hydrogen) atoms. The van der Waals surface area contributed by atoms with E-state index in [0.717, 1.165) is 18.4 Å². The van der Waals surface area contributed by atoms with Gasteiger partial charge in [-0.25, -0.2) is 9.78 Å². The van der Waals surface area contributed by atoms with Crippen LogP contribution in [0, 0.1) is 0 Å². The van der Waals surface area contributed by atoms with Crippen molar-refractivity contribution < 1.29 is 19.4 Å². The first-order valence-electron chi connectivity index (χ1n) is 8.76. The zero-order valence-electron chi connectivity index (χ0n) is 14.9. The monoisotopic (exact) mass is 385 g/mol. The number of pyridine rings is 1. The summed E-state index contributed by atoms with van der Waals surface area (Å²) in [5, 5.41) is 11.6. The highest BCUT2D eigenvalue weighted by atomic mass is 35.5. The first-order valence-corrected chi connectivity index (χ1v) is 9.14. The first kappa shape index (κ1) is 19.0. The maximum absolute atomic E-state index is 12.2. The minimum Gasteiger partial charge on any atom is -0.505 e. The van der Waals surface area contributed by atoms with E-state index in [2.05, 4.69) is 4.98 Å². The highest BCUT2D eigenvalue weighted by Crippen LogP contribution is 2.35. The van der Waals surface area contributed by atoms with Gasteiger partial charge in [-0.05, 0) is 30.2 Å². The predicted octanol–water partition coefficient (Wildman–Crippen LogP) is 5.13. The topological polar surface area (TPSA) is 68.7 Å². The molecule has 0 spiro atoms. The highest BCUT2D eigenvalue weighted by molar-refractivity contribution is 6.34. The normalized spacial score (nSPS) is 10.7. The molecule has 140 valence electrons. The van der Waals surface area contributed by atoms with Crippen molar-refractivity contribution in [1.82, 2.24) is 4.98 Å². The van der Waals surface area contributed by atoms with Crippen LogP contribution in [-0.4, -0.2) is 22.7 Å². The van der Waals surface area contributed by atoms with E-state index >= 15 is 0 Å². The quantitative estimate of drug-likeness (QED) is 0.347. The molecule has 0 saturated carbocycles. The Hall–Kier alpha value is -2.79. The molecule has 0 radical (unpaired) electrons. The summed E-state index contributed by atoms with van der Waals surface area (Å²) in [7, 11) is 0. The molecule has 5 nitrogen and oxygen atoms in total. The second kappa shape index (κ2) is 8.73.